The van der Waals surface area contributed by atoms with Gasteiger partial charge in [-0.05, 0) is 35.6 Å². The van der Waals surface area contributed by atoms with Crippen molar-refractivity contribution < 1.29 is 9.53 Å². The highest BCUT2D eigenvalue weighted by molar-refractivity contribution is 9.10. The number of carbonyl (C=O) groups is 1. The Morgan fingerprint density at radius 2 is 1.87 bits per heavy atom. The number of halogens is 1. The Hall–Kier alpha value is -1.71. The molecule has 23 heavy (non-hydrogen) atoms. The summed E-state index contributed by atoms with van der Waals surface area (Å²) in [7, 11) is 0. The van der Waals surface area contributed by atoms with Crippen LogP contribution in [0.15, 0.2) is 71.7 Å². The first-order valence-electron chi connectivity index (χ1n) is 7.73. The summed E-state index contributed by atoms with van der Waals surface area (Å²) in [5.74, 6) is 0.306. The molecule has 0 unspecified atom stereocenters. The summed E-state index contributed by atoms with van der Waals surface area (Å²) in [5, 5.41) is 0. The van der Waals surface area contributed by atoms with Crippen LogP contribution in [0.1, 0.15) is 29.9 Å². The Morgan fingerprint density at radius 1 is 1.17 bits per heavy atom. The minimum absolute atomic E-state index is 0.122. The maximum Gasteiger partial charge on any atom is 0.169 e. The van der Waals surface area contributed by atoms with Crippen LogP contribution < -0.4 is 0 Å². The maximum atomic E-state index is 12.6. The summed E-state index contributed by atoms with van der Waals surface area (Å²) in [6, 6.07) is 18.1. The van der Waals surface area contributed by atoms with Crippen molar-refractivity contribution in [3.63, 3.8) is 0 Å². The van der Waals surface area contributed by atoms with Crippen LogP contribution in [0, 0.1) is 0 Å². The Balaban J connectivity index is 1.75. The van der Waals surface area contributed by atoms with E-state index >= 15 is 0 Å². The van der Waals surface area contributed by atoms with Gasteiger partial charge in [0.25, 0.3) is 0 Å². The fourth-order valence-electron chi connectivity index (χ4n) is 3.10. The van der Waals surface area contributed by atoms with Gasteiger partial charge in [-0.25, -0.2) is 0 Å². The van der Waals surface area contributed by atoms with Crippen molar-refractivity contribution in [2.24, 2.45) is 0 Å². The lowest BCUT2D eigenvalue weighted by atomic mass is 9.94. The van der Waals surface area contributed by atoms with Crippen molar-refractivity contribution in [1.29, 1.82) is 0 Å². The molecule has 3 heteroatoms. The lowest BCUT2D eigenvalue weighted by Crippen LogP contribution is -2.34. The normalized spacial score (nSPS) is 23.9. The molecule has 2 nitrogen and oxygen atoms in total. The number of ketones is 1. The van der Waals surface area contributed by atoms with E-state index in [-0.39, 0.29) is 11.7 Å². The van der Waals surface area contributed by atoms with Gasteiger partial charge in [0.1, 0.15) is 5.60 Å². The number of hydrogen-bond donors (Lipinski definition) is 0. The van der Waals surface area contributed by atoms with E-state index < -0.39 is 5.60 Å². The predicted molar refractivity (Wildman–Crippen MR) is 95.3 cm³/mol. The van der Waals surface area contributed by atoms with E-state index in [0.717, 1.165) is 10.0 Å². The van der Waals surface area contributed by atoms with E-state index in [1.54, 1.807) is 6.08 Å². The van der Waals surface area contributed by atoms with Crippen LogP contribution in [0.25, 0.3) is 0 Å². The van der Waals surface area contributed by atoms with Crippen LogP contribution in [0.2, 0.25) is 0 Å². The third-order valence-electron chi connectivity index (χ3n) is 4.46. The number of carbonyl (C=O) groups excluding carboxylic acids is 1. The van der Waals surface area contributed by atoms with Gasteiger partial charge < -0.3 is 4.74 Å². The first kappa shape index (κ1) is 16.2. The summed E-state index contributed by atoms with van der Waals surface area (Å²) < 4.78 is 7.08. The van der Waals surface area contributed by atoms with Crippen LogP contribution in [0.4, 0.5) is 0 Å². The van der Waals surface area contributed by atoms with Crippen LogP contribution >= 0.6 is 15.9 Å². The summed E-state index contributed by atoms with van der Waals surface area (Å²) in [6.07, 6.45) is 2.84. The topological polar surface area (TPSA) is 26.3 Å². The van der Waals surface area contributed by atoms with E-state index in [1.807, 2.05) is 42.5 Å². The van der Waals surface area contributed by atoms with Crippen molar-refractivity contribution in [1.82, 2.24) is 0 Å². The third kappa shape index (κ3) is 3.46. The molecule has 0 radical (unpaired) electrons. The van der Waals surface area contributed by atoms with Crippen molar-refractivity contribution in [2.45, 2.75) is 31.0 Å². The van der Waals surface area contributed by atoms with Gasteiger partial charge in [-0.15, -0.1) is 0 Å². The van der Waals surface area contributed by atoms with Gasteiger partial charge in [0.05, 0.1) is 6.61 Å². The highest BCUT2D eigenvalue weighted by Crippen LogP contribution is 2.42. The molecule has 0 heterocycles. The molecule has 0 N–H and O–H groups in total. The molecule has 0 aliphatic heterocycles. The van der Waals surface area contributed by atoms with Gasteiger partial charge in [-0.2, -0.15) is 0 Å². The predicted octanol–water partition coefficient (Wildman–Crippen LogP) is 5.04. The lowest BCUT2D eigenvalue weighted by Gasteiger charge is -2.24. The minimum atomic E-state index is -0.867. The largest absolute Gasteiger partial charge is 0.358 e. The Morgan fingerprint density at radius 3 is 2.52 bits per heavy atom. The number of rotatable bonds is 5. The van der Waals surface area contributed by atoms with Crippen molar-refractivity contribution in [2.75, 3.05) is 0 Å². The van der Waals surface area contributed by atoms with E-state index in [1.165, 1.54) is 5.56 Å². The maximum absolute atomic E-state index is 12.6. The molecule has 1 aliphatic rings. The van der Waals surface area contributed by atoms with E-state index in [0.29, 0.717) is 19.4 Å². The van der Waals surface area contributed by atoms with Crippen LogP contribution in [0.3, 0.4) is 0 Å². The molecular weight excluding hydrogens is 352 g/mol. The molecule has 2 aromatic rings. The monoisotopic (exact) mass is 370 g/mol. The highest BCUT2D eigenvalue weighted by atomic mass is 79.9. The number of ether oxygens (including phenoxy) is 1. The van der Waals surface area contributed by atoms with Crippen LogP contribution in [-0.2, 0) is 16.1 Å². The first-order chi connectivity index (χ1) is 11.1. The minimum Gasteiger partial charge on any atom is -0.358 e. The second-order valence-electron chi connectivity index (χ2n) is 5.95. The number of Topliss-reactive ketones (excluding diaryl/α,β-unsaturated/α-hetero) is 1. The molecule has 3 rings (SSSR count). The number of hydrogen-bond acceptors (Lipinski definition) is 2. The SMILES string of the molecule is C=C[C@]1(OCc2ccccc2)C[C@H](c2ccc(Br)cc2)CC1=O. The van der Waals surface area contributed by atoms with Crippen molar-refractivity contribution >= 4 is 21.7 Å². The molecule has 0 bridgehead atoms. The molecule has 0 saturated heterocycles. The summed E-state index contributed by atoms with van der Waals surface area (Å²) >= 11 is 3.44. The van der Waals surface area contributed by atoms with Crippen molar-refractivity contribution in [3.05, 3.63) is 82.9 Å². The number of benzene rings is 2. The van der Waals surface area contributed by atoms with Gasteiger partial charge in [0, 0.05) is 10.9 Å². The van der Waals surface area contributed by atoms with Gasteiger partial charge in [0.2, 0.25) is 0 Å². The molecule has 1 fully saturated rings. The molecule has 2 atom stereocenters. The quantitative estimate of drug-likeness (QED) is 0.689. The van der Waals surface area contributed by atoms with E-state index in [9.17, 15) is 4.79 Å². The van der Waals surface area contributed by atoms with Gasteiger partial charge in [0.15, 0.2) is 5.78 Å². The molecule has 0 aromatic heterocycles. The van der Waals surface area contributed by atoms with Gasteiger partial charge >= 0.3 is 0 Å². The first-order valence-corrected chi connectivity index (χ1v) is 8.52. The zero-order valence-corrected chi connectivity index (χ0v) is 14.5. The van der Waals surface area contributed by atoms with Crippen LogP contribution in [-0.4, -0.2) is 11.4 Å². The zero-order chi connectivity index (χ0) is 16.3. The molecule has 1 saturated carbocycles. The lowest BCUT2D eigenvalue weighted by molar-refractivity contribution is -0.135. The smallest absolute Gasteiger partial charge is 0.169 e. The molecule has 0 amide bonds. The van der Waals surface area contributed by atoms with Crippen LogP contribution in [0.5, 0.6) is 0 Å². The standard InChI is InChI=1S/C20H19BrO2/c1-2-20(23-14-15-6-4-3-5-7-15)13-17(12-19(20)22)16-8-10-18(21)11-9-16/h2-11,17H,1,12-14H2/t17-,20+/m1/s1. The van der Waals surface area contributed by atoms with Crippen molar-refractivity contribution in [3.8, 4) is 0 Å². The second-order valence-corrected chi connectivity index (χ2v) is 6.86. The average molecular weight is 371 g/mol. The molecule has 1 aliphatic carbocycles. The van der Waals surface area contributed by atoms with Gasteiger partial charge in [-0.1, -0.05) is 71.0 Å². The Bertz CT molecular complexity index is 693. The summed E-state index contributed by atoms with van der Waals surface area (Å²) in [6.45, 7) is 4.29. The highest BCUT2D eigenvalue weighted by Gasteiger charge is 2.46. The Kier molecular flexibility index (Phi) is 4.79. The second kappa shape index (κ2) is 6.81. The molecule has 2 aromatic carbocycles. The summed E-state index contributed by atoms with van der Waals surface area (Å²) in [4.78, 5) is 12.6. The fourth-order valence-corrected chi connectivity index (χ4v) is 3.37. The zero-order valence-electron chi connectivity index (χ0n) is 12.9. The summed E-state index contributed by atoms with van der Waals surface area (Å²) in [5.41, 5.74) is 1.37. The fraction of sp³-hybridized carbons (Fsp3) is 0.250. The molecule has 0 spiro atoms. The van der Waals surface area contributed by atoms with E-state index in [4.69, 9.17) is 4.74 Å². The average Bonchev–Trinajstić information content (AvgIpc) is 2.92. The molecular formula is C20H19BrO2. The third-order valence-corrected chi connectivity index (χ3v) is 4.99. The Labute approximate surface area is 145 Å². The molecule has 118 valence electrons. The van der Waals surface area contributed by atoms with Gasteiger partial charge in [-0.3, -0.25) is 4.79 Å². The van der Waals surface area contributed by atoms with E-state index in [2.05, 4.69) is 34.6 Å².